The molecule has 1 aromatic rings. The molecule has 0 saturated heterocycles. The number of rotatable bonds is 7. The largest absolute Gasteiger partial charge is 0.461 e. The van der Waals surface area contributed by atoms with Crippen molar-refractivity contribution in [2.75, 3.05) is 18.5 Å². The quantitative estimate of drug-likeness (QED) is 0.749. The lowest BCUT2D eigenvalue weighted by atomic mass is 10.4. The van der Waals surface area contributed by atoms with E-state index in [1.807, 2.05) is 6.92 Å². The predicted molar refractivity (Wildman–Crippen MR) is 77.1 cm³/mol. The van der Waals surface area contributed by atoms with Crippen LogP contribution in [0.15, 0.2) is 0 Å². The molecule has 6 nitrogen and oxygen atoms in total. The van der Waals surface area contributed by atoms with E-state index in [0.717, 1.165) is 17.7 Å². The summed E-state index contributed by atoms with van der Waals surface area (Å²) in [6.45, 7) is 4.43. The van der Waals surface area contributed by atoms with Crippen LogP contribution in [-0.2, 0) is 9.53 Å². The molecule has 1 amide bonds. The number of hydrogen-bond donors (Lipinski definition) is 2. The van der Waals surface area contributed by atoms with Crippen LogP contribution in [0, 0.1) is 6.92 Å². The number of thiazole rings is 1. The first-order valence-electron chi connectivity index (χ1n) is 6.78. The Morgan fingerprint density at radius 1 is 1.45 bits per heavy atom. The summed E-state index contributed by atoms with van der Waals surface area (Å²) in [5.41, 5.74) is 0.349. The summed E-state index contributed by atoms with van der Waals surface area (Å²) in [5.74, 6) is -0.348. The summed E-state index contributed by atoms with van der Waals surface area (Å²) in [5, 5.41) is 6.63. The standard InChI is InChI=1S/C13H19N3O3S/c1-3-19-12(18)11-8(2)20-13(16-11)14-7-6-10(17)15-9-4-5-9/h9H,3-7H2,1-2H3,(H,14,16)(H,15,17). The van der Waals surface area contributed by atoms with Gasteiger partial charge in [-0.25, -0.2) is 9.78 Å². The molecule has 2 N–H and O–H groups in total. The topological polar surface area (TPSA) is 80.3 Å². The molecule has 0 unspecified atom stereocenters. The van der Waals surface area contributed by atoms with E-state index < -0.39 is 5.97 Å². The Kier molecular flexibility index (Phi) is 4.94. The third-order valence-corrected chi connectivity index (χ3v) is 3.76. The zero-order valence-corrected chi connectivity index (χ0v) is 12.5. The van der Waals surface area contributed by atoms with Crippen LogP contribution in [0.1, 0.15) is 41.6 Å². The molecule has 0 spiro atoms. The number of hydrogen-bond acceptors (Lipinski definition) is 6. The highest BCUT2D eigenvalue weighted by atomic mass is 32.1. The monoisotopic (exact) mass is 297 g/mol. The average molecular weight is 297 g/mol. The Bertz CT molecular complexity index is 497. The van der Waals surface area contributed by atoms with Crippen molar-refractivity contribution in [1.82, 2.24) is 10.3 Å². The molecule has 0 aliphatic heterocycles. The van der Waals surface area contributed by atoms with Crippen molar-refractivity contribution in [1.29, 1.82) is 0 Å². The molecule has 20 heavy (non-hydrogen) atoms. The van der Waals surface area contributed by atoms with Gasteiger partial charge in [-0.2, -0.15) is 0 Å². The van der Waals surface area contributed by atoms with Gasteiger partial charge in [0.2, 0.25) is 5.91 Å². The molecule has 0 aromatic carbocycles. The van der Waals surface area contributed by atoms with Gasteiger partial charge in [-0.15, -0.1) is 11.3 Å². The fourth-order valence-electron chi connectivity index (χ4n) is 1.67. The highest BCUT2D eigenvalue weighted by molar-refractivity contribution is 7.15. The van der Waals surface area contributed by atoms with Gasteiger partial charge in [0.05, 0.1) is 6.61 Å². The molecular formula is C13H19N3O3S. The molecule has 0 atom stereocenters. The minimum absolute atomic E-state index is 0.0545. The molecule has 110 valence electrons. The number of aromatic nitrogens is 1. The van der Waals surface area contributed by atoms with Crippen LogP contribution in [0.2, 0.25) is 0 Å². The van der Waals surface area contributed by atoms with Crippen molar-refractivity contribution < 1.29 is 14.3 Å². The number of nitrogens with one attached hydrogen (secondary N) is 2. The van der Waals surface area contributed by atoms with E-state index in [9.17, 15) is 9.59 Å². The van der Waals surface area contributed by atoms with Crippen LogP contribution in [-0.4, -0.2) is 36.1 Å². The van der Waals surface area contributed by atoms with E-state index in [4.69, 9.17) is 4.74 Å². The van der Waals surface area contributed by atoms with E-state index in [1.165, 1.54) is 11.3 Å². The maximum Gasteiger partial charge on any atom is 0.358 e. The first-order chi connectivity index (χ1) is 9.60. The van der Waals surface area contributed by atoms with Gasteiger partial charge in [0.25, 0.3) is 0 Å². The Labute approximate surface area is 121 Å². The Balaban J connectivity index is 1.79. The molecule has 0 radical (unpaired) electrons. The number of amides is 1. The van der Waals surface area contributed by atoms with E-state index in [-0.39, 0.29) is 5.91 Å². The fourth-order valence-corrected chi connectivity index (χ4v) is 2.50. The van der Waals surface area contributed by atoms with Crippen molar-refractivity contribution in [2.24, 2.45) is 0 Å². The van der Waals surface area contributed by atoms with Crippen molar-refractivity contribution in [3.63, 3.8) is 0 Å². The van der Waals surface area contributed by atoms with Gasteiger partial charge in [-0.3, -0.25) is 4.79 Å². The first-order valence-corrected chi connectivity index (χ1v) is 7.59. The van der Waals surface area contributed by atoms with Gasteiger partial charge in [0.1, 0.15) is 0 Å². The lowest BCUT2D eigenvalue weighted by Crippen LogP contribution is -2.27. The Morgan fingerprint density at radius 3 is 2.85 bits per heavy atom. The van der Waals surface area contributed by atoms with Crippen molar-refractivity contribution in [3.8, 4) is 0 Å². The zero-order valence-electron chi connectivity index (χ0n) is 11.7. The zero-order chi connectivity index (χ0) is 14.5. The van der Waals surface area contributed by atoms with E-state index in [0.29, 0.717) is 36.4 Å². The summed E-state index contributed by atoms with van der Waals surface area (Å²) < 4.78 is 4.93. The maximum atomic E-state index is 11.6. The van der Waals surface area contributed by atoms with Crippen LogP contribution in [0.5, 0.6) is 0 Å². The smallest absolute Gasteiger partial charge is 0.358 e. The van der Waals surface area contributed by atoms with Crippen molar-refractivity contribution in [2.45, 2.75) is 39.2 Å². The third-order valence-electron chi connectivity index (χ3n) is 2.84. The van der Waals surface area contributed by atoms with Gasteiger partial charge >= 0.3 is 5.97 Å². The molecule has 1 aromatic heterocycles. The highest BCUT2D eigenvalue weighted by Crippen LogP contribution is 2.22. The molecule has 1 fully saturated rings. The fraction of sp³-hybridized carbons (Fsp3) is 0.615. The maximum absolute atomic E-state index is 11.6. The molecule has 1 aliphatic carbocycles. The summed E-state index contributed by atoms with van der Waals surface area (Å²) in [4.78, 5) is 28.1. The number of carbonyl (C=O) groups is 2. The number of esters is 1. The van der Waals surface area contributed by atoms with Crippen molar-refractivity contribution >= 4 is 28.3 Å². The Hall–Kier alpha value is -1.63. The molecule has 1 aliphatic rings. The molecule has 1 saturated carbocycles. The summed E-state index contributed by atoms with van der Waals surface area (Å²) >= 11 is 1.39. The van der Waals surface area contributed by atoms with Crippen LogP contribution in [0.4, 0.5) is 5.13 Å². The SMILES string of the molecule is CCOC(=O)c1nc(NCCC(=O)NC2CC2)sc1C. The Morgan fingerprint density at radius 2 is 2.20 bits per heavy atom. The highest BCUT2D eigenvalue weighted by Gasteiger charge is 2.23. The molecule has 2 rings (SSSR count). The van der Waals surface area contributed by atoms with Gasteiger partial charge < -0.3 is 15.4 Å². The van der Waals surface area contributed by atoms with Gasteiger partial charge in [-0.1, -0.05) is 0 Å². The first kappa shape index (κ1) is 14.8. The molecule has 1 heterocycles. The minimum atomic E-state index is -0.402. The predicted octanol–water partition coefficient (Wildman–Crippen LogP) is 1.71. The number of nitrogens with zero attached hydrogens (tertiary/aromatic N) is 1. The third kappa shape index (κ3) is 4.19. The number of aryl methyl sites for hydroxylation is 1. The van der Waals surface area contributed by atoms with Gasteiger partial charge in [0.15, 0.2) is 10.8 Å². The lowest BCUT2D eigenvalue weighted by Gasteiger charge is -2.03. The van der Waals surface area contributed by atoms with Crippen LogP contribution in [0.3, 0.4) is 0 Å². The summed E-state index contributed by atoms with van der Waals surface area (Å²) in [7, 11) is 0. The second kappa shape index (κ2) is 6.69. The number of carbonyl (C=O) groups excluding carboxylic acids is 2. The van der Waals surface area contributed by atoms with Gasteiger partial charge in [0, 0.05) is 23.9 Å². The van der Waals surface area contributed by atoms with E-state index in [2.05, 4.69) is 15.6 Å². The summed E-state index contributed by atoms with van der Waals surface area (Å²) in [6, 6.07) is 0.389. The normalized spacial score (nSPS) is 13.9. The lowest BCUT2D eigenvalue weighted by molar-refractivity contribution is -0.120. The van der Waals surface area contributed by atoms with Crippen LogP contribution >= 0.6 is 11.3 Å². The summed E-state index contributed by atoms with van der Waals surface area (Å²) in [6.07, 6.45) is 2.59. The molecule has 0 bridgehead atoms. The van der Waals surface area contributed by atoms with Gasteiger partial charge in [-0.05, 0) is 26.7 Å². The average Bonchev–Trinajstić information content (AvgIpc) is 3.11. The van der Waals surface area contributed by atoms with Crippen molar-refractivity contribution in [3.05, 3.63) is 10.6 Å². The number of ether oxygens (including phenoxy) is 1. The van der Waals surface area contributed by atoms with E-state index >= 15 is 0 Å². The number of anilines is 1. The van der Waals surface area contributed by atoms with E-state index in [1.54, 1.807) is 6.92 Å². The second-order valence-corrected chi connectivity index (χ2v) is 5.87. The minimum Gasteiger partial charge on any atom is -0.461 e. The van der Waals surface area contributed by atoms with Crippen LogP contribution in [0.25, 0.3) is 0 Å². The second-order valence-electron chi connectivity index (χ2n) is 4.66. The molecule has 7 heteroatoms. The van der Waals surface area contributed by atoms with Crippen LogP contribution < -0.4 is 10.6 Å². The molecular weight excluding hydrogens is 278 g/mol.